The molecule has 0 spiro atoms. The van der Waals surface area contributed by atoms with E-state index in [4.69, 9.17) is 5.11 Å². The molecule has 1 atom stereocenters. The van der Waals surface area contributed by atoms with Gasteiger partial charge in [0.2, 0.25) is 0 Å². The highest BCUT2D eigenvalue weighted by atomic mass is 16.4. The van der Waals surface area contributed by atoms with E-state index < -0.39 is 11.6 Å². The number of carboxylic acids is 1. The molecule has 0 aromatic carbocycles. The molecular formula is C10H19NO3. The SMILES string of the molecule is CC(O)(CNC(C)(C)C1CC1)C(=O)O. The molecule has 82 valence electrons. The molecule has 1 fully saturated rings. The van der Waals surface area contributed by atoms with E-state index in [1.807, 2.05) is 13.8 Å². The van der Waals surface area contributed by atoms with E-state index in [0.717, 1.165) is 0 Å². The van der Waals surface area contributed by atoms with Crippen LogP contribution in [0, 0.1) is 5.92 Å². The average Bonchev–Trinajstić information content (AvgIpc) is 2.83. The second kappa shape index (κ2) is 3.51. The zero-order valence-electron chi connectivity index (χ0n) is 9.00. The first-order valence-corrected chi connectivity index (χ1v) is 4.96. The number of carbonyl (C=O) groups is 1. The van der Waals surface area contributed by atoms with Crippen LogP contribution in [0.15, 0.2) is 0 Å². The number of carboxylic acid groups (broad SMARTS) is 1. The molecule has 0 heterocycles. The first-order chi connectivity index (χ1) is 6.26. The minimum absolute atomic E-state index is 0.0700. The van der Waals surface area contributed by atoms with Gasteiger partial charge in [0.05, 0.1) is 0 Å². The van der Waals surface area contributed by atoms with Crippen molar-refractivity contribution >= 4 is 5.97 Å². The Hall–Kier alpha value is -0.610. The minimum atomic E-state index is -1.67. The van der Waals surface area contributed by atoms with Crippen LogP contribution in [0.5, 0.6) is 0 Å². The first-order valence-electron chi connectivity index (χ1n) is 4.96. The van der Waals surface area contributed by atoms with Crippen molar-refractivity contribution in [3.63, 3.8) is 0 Å². The topological polar surface area (TPSA) is 69.6 Å². The van der Waals surface area contributed by atoms with Crippen LogP contribution < -0.4 is 5.32 Å². The molecule has 1 rings (SSSR count). The maximum Gasteiger partial charge on any atom is 0.336 e. The van der Waals surface area contributed by atoms with Crippen LogP contribution in [0.2, 0.25) is 0 Å². The van der Waals surface area contributed by atoms with E-state index in [1.165, 1.54) is 19.8 Å². The van der Waals surface area contributed by atoms with Crippen molar-refractivity contribution in [2.24, 2.45) is 5.92 Å². The molecule has 0 amide bonds. The predicted molar refractivity (Wildman–Crippen MR) is 53.1 cm³/mol. The lowest BCUT2D eigenvalue weighted by atomic mass is 9.97. The van der Waals surface area contributed by atoms with Crippen LogP contribution in [0.3, 0.4) is 0 Å². The average molecular weight is 201 g/mol. The van der Waals surface area contributed by atoms with Gasteiger partial charge in [0, 0.05) is 12.1 Å². The zero-order valence-corrected chi connectivity index (χ0v) is 9.00. The summed E-state index contributed by atoms with van der Waals surface area (Å²) in [5.74, 6) is -0.566. The Balaban J connectivity index is 2.42. The number of aliphatic hydroxyl groups is 1. The standard InChI is InChI=1S/C10H19NO3/c1-9(2,7-4-5-7)11-6-10(3,14)8(12)13/h7,11,14H,4-6H2,1-3H3,(H,12,13). The molecule has 0 aromatic heterocycles. The Bertz CT molecular complexity index is 232. The fraction of sp³-hybridized carbons (Fsp3) is 0.900. The lowest BCUT2D eigenvalue weighted by molar-refractivity contribution is -0.156. The highest BCUT2D eigenvalue weighted by Crippen LogP contribution is 2.39. The normalized spacial score (nSPS) is 21.7. The summed E-state index contributed by atoms with van der Waals surface area (Å²) in [5.41, 5.74) is -1.74. The van der Waals surface area contributed by atoms with Crippen LogP contribution in [0.4, 0.5) is 0 Å². The van der Waals surface area contributed by atoms with Gasteiger partial charge in [-0.15, -0.1) is 0 Å². The van der Waals surface area contributed by atoms with Gasteiger partial charge >= 0.3 is 5.97 Å². The molecular weight excluding hydrogens is 182 g/mol. The fourth-order valence-electron chi connectivity index (χ4n) is 1.42. The maximum atomic E-state index is 10.6. The molecule has 0 aliphatic heterocycles. The van der Waals surface area contributed by atoms with E-state index in [-0.39, 0.29) is 12.1 Å². The van der Waals surface area contributed by atoms with E-state index in [9.17, 15) is 9.90 Å². The summed E-state index contributed by atoms with van der Waals surface area (Å²) in [4.78, 5) is 10.6. The Morgan fingerprint density at radius 3 is 2.29 bits per heavy atom. The summed E-state index contributed by atoms with van der Waals surface area (Å²) < 4.78 is 0. The monoisotopic (exact) mass is 201 g/mol. The molecule has 14 heavy (non-hydrogen) atoms. The van der Waals surface area contributed by atoms with Crippen LogP contribution in [0.1, 0.15) is 33.6 Å². The third-order valence-electron chi connectivity index (χ3n) is 2.95. The van der Waals surface area contributed by atoms with Crippen molar-refractivity contribution in [2.75, 3.05) is 6.54 Å². The maximum absolute atomic E-state index is 10.6. The van der Waals surface area contributed by atoms with Crippen molar-refractivity contribution in [1.29, 1.82) is 0 Å². The van der Waals surface area contributed by atoms with Crippen molar-refractivity contribution in [3.8, 4) is 0 Å². The number of aliphatic carboxylic acids is 1. The van der Waals surface area contributed by atoms with Crippen molar-refractivity contribution < 1.29 is 15.0 Å². The van der Waals surface area contributed by atoms with Gasteiger partial charge in [0.15, 0.2) is 5.60 Å². The fourth-order valence-corrected chi connectivity index (χ4v) is 1.42. The van der Waals surface area contributed by atoms with E-state index in [0.29, 0.717) is 5.92 Å². The smallest absolute Gasteiger partial charge is 0.336 e. The molecule has 0 bridgehead atoms. The van der Waals surface area contributed by atoms with E-state index in [1.54, 1.807) is 0 Å². The van der Waals surface area contributed by atoms with Gasteiger partial charge in [-0.05, 0) is 39.5 Å². The number of hydrogen-bond donors (Lipinski definition) is 3. The highest BCUT2D eigenvalue weighted by Gasteiger charge is 2.40. The summed E-state index contributed by atoms with van der Waals surface area (Å²) in [6, 6.07) is 0. The van der Waals surface area contributed by atoms with E-state index >= 15 is 0 Å². The molecule has 1 saturated carbocycles. The molecule has 4 heteroatoms. The molecule has 0 aromatic rings. The van der Waals surface area contributed by atoms with Crippen molar-refractivity contribution in [3.05, 3.63) is 0 Å². The Kier molecular flexibility index (Phi) is 2.88. The number of nitrogens with one attached hydrogen (secondary N) is 1. The summed E-state index contributed by atoms with van der Waals surface area (Å²) in [6.07, 6.45) is 2.38. The molecule has 0 radical (unpaired) electrons. The molecule has 3 N–H and O–H groups in total. The predicted octanol–water partition coefficient (Wildman–Crippen LogP) is 0.600. The van der Waals surface area contributed by atoms with Gasteiger partial charge in [0.1, 0.15) is 0 Å². The summed E-state index contributed by atoms with van der Waals surface area (Å²) >= 11 is 0. The van der Waals surface area contributed by atoms with Crippen LogP contribution in [0.25, 0.3) is 0 Å². The summed E-state index contributed by atoms with van der Waals surface area (Å²) in [6.45, 7) is 5.49. The van der Waals surface area contributed by atoms with Crippen molar-refractivity contribution in [1.82, 2.24) is 5.32 Å². The lowest BCUT2D eigenvalue weighted by Crippen LogP contribution is -2.52. The summed E-state index contributed by atoms with van der Waals surface area (Å²) in [5, 5.41) is 21.3. The third-order valence-corrected chi connectivity index (χ3v) is 2.95. The van der Waals surface area contributed by atoms with E-state index in [2.05, 4.69) is 5.32 Å². The van der Waals surface area contributed by atoms with Gasteiger partial charge in [-0.1, -0.05) is 0 Å². The number of β-amino-alcohol motifs (C(OH)–C–C–N with tert-alkyl or cyclic N) is 1. The van der Waals surface area contributed by atoms with Gasteiger partial charge in [-0.25, -0.2) is 4.79 Å². The zero-order chi connectivity index (χ0) is 11.0. The van der Waals surface area contributed by atoms with Gasteiger partial charge < -0.3 is 15.5 Å². The minimum Gasteiger partial charge on any atom is -0.479 e. The molecule has 4 nitrogen and oxygen atoms in total. The van der Waals surface area contributed by atoms with Gasteiger partial charge in [-0.2, -0.15) is 0 Å². The first kappa shape index (κ1) is 11.5. The Morgan fingerprint density at radius 2 is 1.93 bits per heavy atom. The van der Waals surface area contributed by atoms with Crippen molar-refractivity contribution in [2.45, 2.75) is 44.8 Å². The molecule has 1 unspecified atom stereocenters. The van der Waals surface area contributed by atoms with Crippen LogP contribution in [-0.4, -0.2) is 33.9 Å². The molecule has 0 saturated heterocycles. The second-order valence-corrected chi connectivity index (χ2v) is 4.93. The summed E-state index contributed by atoms with van der Waals surface area (Å²) in [7, 11) is 0. The highest BCUT2D eigenvalue weighted by molar-refractivity contribution is 5.76. The van der Waals surface area contributed by atoms with Crippen LogP contribution in [-0.2, 0) is 4.79 Å². The quantitative estimate of drug-likeness (QED) is 0.609. The Labute approximate surface area is 84.3 Å². The van der Waals surface area contributed by atoms with Crippen LogP contribution >= 0.6 is 0 Å². The lowest BCUT2D eigenvalue weighted by Gasteiger charge is -2.30. The largest absolute Gasteiger partial charge is 0.479 e. The Morgan fingerprint density at radius 1 is 1.43 bits per heavy atom. The second-order valence-electron chi connectivity index (χ2n) is 4.93. The molecule has 1 aliphatic carbocycles. The number of hydrogen-bond acceptors (Lipinski definition) is 3. The van der Waals surface area contributed by atoms with Gasteiger partial charge in [-0.3, -0.25) is 0 Å². The molecule has 1 aliphatic rings. The third kappa shape index (κ3) is 2.69. The number of rotatable bonds is 5. The van der Waals surface area contributed by atoms with Gasteiger partial charge in [0.25, 0.3) is 0 Å².